The van der Waals surface area contributed by atoms with E-state index in [9.17, 15) is 27.6 Å². The Labute approximate surface area is 172 Å². The first kappa shape index (κ1) is 20.7. The van der Waals surface area contributed by atoms with Crippen LogP contribution in [0, 0.1) is 17.8 Å². The van der Waals surface area contributed by atoms with Crippen LogP contribution in [0.5, 0.6) is 0 Å². The van der Waals surface area contributed by atoms with Crippen molar-refractivity contribution in [1.82, 2.24) is 15.5 Å². The fourth-order valence-corrected chi connectivity index (χ4v) is 4.60. The molecule has 9 heteroatoms. The molecule has 0 radical (unpaired) electrons. The lowest BCUT2D eigenvalue weighted by Crippen LogP contribution is -2.52. The van der Waals surface area contributed by atoms with E-state index in [0.29, 0.717) is 11.1 Å². The van der Waals surface area contributed by atoms with Gasteiger partial charge in [-0.2, -0.15) is 13.2 Å². The fourth-order valence-electron chi connectivity index (χ4n) is 4.60. The molecule has 2 fully saturated rings. The van der Waals surface area contributed by atoms with Gasteiger partial charge in [0.15, 0.2) is 0 Å². The summed E-state index contributed by atoms with van der Waals surface area (Å²) >= 11 is 0. The number of halogens is 3. The van der Waals surface area contributed by atoms with Gasteiger partial charge in [-0.3, -0.25) is 14.9 Å². The van der Waals surface area contributed by atoms with Crippen LogP contribution in [-0.2, 0) is 28.9 Å². The number of nitrogens with zero attached hydrogens (tertiary/aromatic N) is 1. The molecule has 0 unspecified atom stereocenters. The van der Waals surface area contributed by atoms with Crippen molar-refractivity contribution in [3.63, 3.8) is 0 Å². The number of rotatable bonds is 5. The van der Waals surface area contributed by atoms with E-state index in [2.05, 4.69) is 10.6 Å². The quantitative estimate of drug-likeness (QED) is 0.714. The van der Waals surface area contributed by atoms with Crippen LogP contribution in [0.4, 0.5) is 18.0 Å². The lowest BCUT2D eigenvalue weighted by atomic mass is 9.78. The molecule has 3 aliphatic rings. The Balaban J connectivity index is 1.54. The predicted octanol–water partition coefficient (Wildman–Crippen LogP) is 3.20. The lowest BCUT2D eigenvalue weighted by Gasteiger charge is -2.33. The van der Waals surface area contributed by atoms with Gasteiger partial charge in [0.2, 0.25) is 5.91 Å². The fraction of sp³-hybridized carbons (Fsp3) is 0.571. The predicted molar refractivity (Wildman–Crippen MR) is 101 cm³/mol. The molecular formula is C21H24F3N3O3. The van der Waals surface area contributed by atoms with Crippen molar-refractivity contribution in [3.05, 3.63) is 34.9 Å². The maximum Gasteiger partial charge on any atom is 0.416 e. The van der Waals surface area contributed by atoms with E-state index >= 15 is 0 Å². The second-order valence-electron chi connectivity index (χ2n) is 8.88. The van der Waals surface area contributed by atoms with Gasteiger partial charge in [-0.15, -0.1) is 0 Å². The minimum absolute atomic E-state index is 0.00289. The van der Waals surface area contributed by atoms with E-state index in [0.717, 1.165) is 25.0 Å². The third-order valence-corrected chi connectivity index (χ3v) is 6.47. The van der Waals surface area contributed by atoms with Crippen LogP contribution < -0.4 is 10.6 Å². The van der Waals surface area contributed by atoms with E-state index in [-0.39, 0.29) is 37.3 Å². The molecule has 0 spiro atoms. The summed E-state index contributed by atoms with van der Waals surface area (Å²) in [7, 11) is 0. The standard InChI is InChI=1S/C21H24F3N3O3/c1-11(2)16(8-20(14-5-6-14)18(29)25-19(30)26-20)17(28)27-9-12-3-4-15(21(22,23)24)7-13(12)10-27/h3-4,7,11,14,16H,5-6,8-10H2,1-2H3,(H2,25,26,29,30)/t16-,20+/m1/s1. The number of imide groups is 1. The number of carbonyl (C=O) groups is 3. The molecule has 2 N–H and O–H groups in total. The Morgan fingerprint density at radius 2 is 1.87 bits per heavy atom. The summed E-state index contributed by atoms with van der Waals surface area (Å²) in [4.78, 5) is 39.3. The first-order valence-corrected chi connectivity index (χ1v) is 10.1. The van der Waals surface area contributed by atoms with Crippen molar-refractivity contribution in [2.75, 3.05) is 0 Å². The number of fused-ring (bicyclic) bond motifs is 1. The molecule has 1 aromatic rings. The van der Waals surface area contributed by atoms with Crippen LogP contribution in [0.15, 0.2) is 18.2 Å². The number of alkyl halides is 3. The Morgan fingerprint density at radius 3 is 2.40 bits per heavy atom. The van der Waals surface area contributed by atoms with Crippen molar-refractivity contribution in [2.45, 2.75) is 57.9 Å². The molecule has 2 aliphatic heterocycles. The summed E-state index contributed by atoms with van der Waals surface area (Å²) < 4.78 is 39.0. The second-order valence-corrected chi connectivity index (χ2v) is 8.88. The number of benzene rings is 1. The normalized spacial score (nSPS) is 24.7. The van der Waals surface area contributed by atoms with Crippen molar-refractivity contribution in [1.29, 1.82) is 0 Å². The molecule has 4 rings (SSSR count). The minimum Gasteiger partial charge on any atom is -0.334 e. The van der Waals surface area contributed by atoms with Gasteiger partial charge in [-0.25, -0.2) is 4.79 Å². The maximum absolute atomic E-state index is 13.4. The zero-order chi connectivity index (χ0) is 21.8. The van der Waals surface area contributed by atoms with Crippen molar-refractivity contribution in [2.24, 2.45) is 17.8 Å². The number of amides is 4. The number of carbonyl (C=O) groups excluding carboxylic acids is 3. The summed E-state index contributed by atoms with van der Waals surface area (Å²) in [5.74, 6) is -1.24. The van der Waals surface area contributed by atoms with Crippen molar-refractivity contribution in [3.8, 4) is 0 Å². The zero-order valence-electron chi connectivity index (χ0n) is 16.8. The molecule has 6 nitrogen and oxygen atoms in total. The van der Waals surface area contributed by atoms with E-state index in [1.165, 1.54) is 6.07 Å². The monoisotopic (exact) mass is 423 g/mol. The van der Waals surface area contributed by atoms with Crippen LogP contribution in [0.2, 0.25) is 0 Å². The van der Waals surface area contributed by atoms with Gasteiger partial charge in [-0.1, -0.05) is 19.9 Å². The van der Waals surface area contributed by atoms with Gasteiger partial charge in [-0.05, 0) is 54.4 Å². The van der Waals surface area contributed by atoms with E-state index in [4.69, 9.17) is 0 Å². The van der Waals surface area contributed by atoms with Crippen LogP contribution >= 0.6 is 0 Å². The highest BCUT2D eigenvalue weighted by molar-refractivity contribution is 6.07. The van der Waals surface area contributed by atoms with Gasteiger partial charge in [0.25, 0.3) is 5.91 Å². The van der Waals surface area contributed by atoms with Crippen LogP contribution in [0.1, 0.15) is 49.8 Å². The van der Waals surface area contributed by atoms with Gasteiger partial charge in [0.1, 0.15) is 5.54 Å². The van der Waals surface area contributed by atoms with Crippen molar-refractivity contribution >= 4 is 17.8 Å². The van der Waals surface area contributed by atoms with Gasteiger partial charge >= 0.3 is 12.2 Å². The molecule has 2 heterocycles. The number of nitrogens with one attached hydrogen (secondary N) is 2. The summed E-state index contributed by atoms with van der Waals surface area (Å²) in [6.45, 7) is 4.10. The zero-order valence-corrected chi connectivity index (χ0v) is 16.8. The number of hydrogen-bond acceptors (Lipinski definition) is 3. The molecular weight excluding hydrogens is 399 g/mol. The first-order valence-electron chi connectivity index (χ1n) is 10.1. The van der Waals surface area contributed by atoms with Gasteiger partial charge in [0, 0.05) is 19.0 Å². The van der Waals surface area contributed by atoms with Gasteiger partial charge < -0.3 is 10.2 Å². The molecule has 1 aromatic carbocycles. The molecule has 30 heavy (non-hydrogen) atoms. The Kier molecular flexibility index (Phi) is 4.82. The molecule has 0 bridgehead atoms. The summed E-state index contributed by atoms with van der Waals surface area (Å²) in [6.07, 6.45) is -2.63. The van der Waals surface area contributed by atoms with Gasteiger partial charge in [0.05, 0.1) is 5.56 Å². The van der Waals surface area contributed by atoms with E-state index in [1.54, 1.807) is 4.90 Å². The molecule has 2 atom stereocenters. The molecule has 1 saturated heterocycles. The third-order valence-electron chi connectivity index (χ3n) is 6.47. The maximum atomic E-state index is 13.4. The smallest absolute Gasteiger partial charge is 0.334 e. The first-order chi connectivity index (χ1) is 14.0. The highest BCUT2D eigenvalue weighted by Gasteiger charge is 2.57. The summed E-state index contributed by atoms with van der Waals surface area (Å²) in [5, 5.41) is 5.05. The van der Waals surface area contributed by atoms with E-state index < -0.39 is 35.1 Å². The van der Waals surface area contributed by atoms with Crippen molar-refractivity contribution < 1.29 is 27.6 Å². The average molecular weight is 423 g/mol. The molecule has 1 saturated carbocycles. The van der Waals surface area contributed by atoms with Crippen LogP contribution in [0.3, 0.4) is 0 Å². The summed E-state index contributed by atoms with van der Waals surface area (Å²) in [6, 6.07) is 3.01. The van der Waals surface area contributed by atoms with Crippen LogP contribution in [-0.4, -0.2) is 28.3 Å². The van der Waals surface area contributed by atoms with E-state index in [1.807, 2.05) is 13.8 Å². The Hall–Kier alpha value is -2.58. The SMILES string of the molecule is CC(C)[C@@H](C[C@@]1(C2CC2)NC(=O)NC1=O)C(=O)N1Cc2ccc(C(F)(F)F)cc2C1. The van der Waals surface area contributed by atoms with Crippen LogP contribution in [0.25, 0.3) is 0 Å². The Bertz CT molecular complexity index is 910. The average Bonchev–Trinajstić information content (AvgIpc) is 3.35. The molecule has 0 aromatic heterocycles. The highest BCUT2D eigenvalue weighted by Crippen LogP contribution is 2.46. The Morgan fingerprint density at radius 1 is 1.20 bits per heavy atom. The minimum atomic E-state index is -4.43. The number of hydrogen-bond donors (Lipinski definition) is 2. The number of urea groups is 1. The summed E-state index contributed by atoms with van der Waals surface area (Å²) in [5.41, 5.74) is -0.626. The topological polar surface area (TPSA) is 78.5 Å². The lowest BCUT2D eigenvalue weighted by molar-refractivity contribution is -0.139. The molecule has 162 valence electrons. The largest absolute Gasteiger partial charge is 0.416 e. The molecule has 1 aliphatic carbocycles. The highest BCUT2D eigenvalue weighted by atomic mass is 19.4. The third kappa shape index (κ3) is 3.54. The second kappa shape index (κ2) is 6.99. The molecule has 4 amide bonds.